The maximum Gasteiger partial charge on any atom is 0.161 e. The lowest BCUT2D eigenvalue weighted by Crippen LogP contribution is -2.38. The molecule has 3 nitrogen and oxygen atoms in total. The van der Waals surface area contributed by atoms with E-state index in [2.05, 4.69) is 4.90 Å². The van der Waals surface area contributed by atoms with Crippen LogP contribution in [0, 0.1) is 0 Å². The van der Waals surface area contributed by atoms with Gasteiger partial charge in [-0.2, -0.15) is 0 Å². The molecule has 2 rings (SSSR count). The van der Waals surface area contributed by atoms with Gasteiger partial charge in [-0.1, -0.05) is 25.0 Å². The highest BCUT2D eigenvalue weighted by atomic mass is 35.5. The molecule has 1 aromatic carbocycles. The number of ether oxygens (including phenoxy) is 2. The van der Waals surface area contributed by atoms with E-state index in [1.54, 1.807) is 7.11 Å². The van der Waals surface area contributed by atoms with Crippen molar-refractivity contribution in [2.24, 2.45) is 0 Å². The molecule has 1 fully saturated rings. The van der Waals surface area contributed by atoms with Crippen LogP contribution in [0.15, 0.2) is 24.3 Å². The summed E-state index contributed by atoms with van der Waals surface area (Å²) >= 11 is 5.92. The molecular formula is C16H24ClNO2. The molecule has 0 saturated heterocycles. The monoisotopic (exact) mass is 297 g/mol. The topological polar surface area (TPSA) is 21.7 Å². The Bertz CT molecular complexity index is 394. The number of benzene rings is 1. The molecule has 0 spiro atoms. The molecule has 1 saturated carbocycles. The molecule has 0 aromatic heterocycles. The van der Waals surface area contributed by atoms with Crippen molar-refractivity contribution in [1.29, 1.82) is 0 Å². The highest BCUT2D eigenvalue weighted by Crippen LogP contribution is 2.26. The van der Waals surface area contributed by atoms with Gasteiger partial charge in [-0.15, -0.1) is 11.6 Å². The lowest BCUT2D eigenvalue weighted by atomic mass is 10.2. The highest BCUT2D eigenvalue weighted by Gasteiger charge is 2.21. The number of rotatable bonds is 8. The first-order valence-corrected chi connectivity index (χ1v) is 7.94. The van der Waals surface area contributed by atoms with Crippen LogP contribution in [0.1, 0.15) is 25.7 Å². The van der Waals surface area contributed by atoms with E-state index in [-0.39, 0.29) is 0 Å². The van der Waals surface area contributed by atoms with Gasteiger partial charge >= 0.3 is 0 Å². The van der Waals surface area contributed by atoms with Crippen LogP contribution < -0.4 is 9.47 Å². The predicted molar refractivity (Wildman–Crippen MR) is 83.0 cm³/mol. The fourth-order valence-electron chi connectivity index (χ4n) is 2.87. The minimum Gasteiger partial charge on any atom is -0.493 e. The SMILES string of the molecule is COc1ccccc1OCCN(CCCl)C1CCCC1. The van der Waals surface area contributed by atoms with Crippen molar-refractivity contribution in [3.63, 3.8) is 0 Å². The molecule has 112 valence electrons. The van der Waals surface area contributed by atoms with Crippen molar-refractivity contribution >= 4 is 11.6 Å². The van der Waals surface area contributed by atoms with Crippen molar-refractivity contribution in [2.75, 3.05) is 32.7 Å². The lowest BCUT2D eigenvalue weighted by molar-refractivity contribution is 0.166. The van der Waals surface area contributed by atoms with Gasteiger partial charge in [0.1, 0.15) is 6.61 Å². The van der Waals surface area contributed by atoms with Crippen LogP contribution in [0.5, 0.6) is 11.5 Å². The molecule has 0 radical (unpaired) electrons. The van der Waals surface area contributed by atoms with Crippen LogP contribution in [-0.2, 0) is 0 Å². The summed E-state index contributed by atoms with van der Waals surface area (Å²) in [7, 11) is 1.67. The van der Waals surface area contributed by atoms with E-state index < -0.39 is 0 Å². The van der Waals surface area contributed by atoms with E-state index in [0.717, 1.165) is 24.6 Å². The van der Waals surface area contributed by atoms with E-state index in [0.29, 0.717) is 18.5 Å². The maximum atomic E-state index is 5.92. The molecule has 0 amide bonds. The zero-order chi connectivity index (χ0) is 14.2. The van der Waals surface area contributed by atoms with Crippen molar-refractivity contribution in [3.05, 3.63) is 24.3 Å². The zero-order valence-corrected chi connectivity index (χ0v) is 12.9. The van der Waals surface area contributed by atoms with E-state index in [4.69, 9.17) is 21.1 Å². The third kappa shape index (κ3) is 4.29. The first kappa shape index (κ1) is 15.5. The normalized spacial score (nSPS) is 15.8. The summed E-state index contributed by atoms with van der Waals surface area (Å²) in [5, 5.41) is 0. The second kappa shape index (κ2) is 8.38. The van der Waals surface area contributed by atoms with Crippen molar-refractivity contribution in [3.8, 4) is 11.5 Å². The molecule has 1 aliphatic carbocycles. The minimum absolute atomic E-state index is 0.674. The number of hydrogen-bond donors (Lipinski definition) is 0. The van der Waals surface area contributed by atoms with Gasteiger partial charge in [-0.05, 0) is 25.0 Å². The smallest absolute Gasteiger partial charge is 0.161 e. The average molecular weight is 298 g/mol. The molecule has 0 aliphatic heterocycles. The van der Waals surface area contributed by atoms with Gasteiger partial charge in [0, 0.05) is 25.0 Å². The van der Waals surface area contributed by atoms with Gasteiger partial charge in [0.05, 0.1) is 7.11 Å². The molecule has 0 heterocycles. The quantitative estimate of drug-likeness (QED) is 0.685. The summed E-state index contributed by atoms with van der Waals surface area (Å²) in [5.41, 5.74) is 0. The second-order valence-electron chi connectivity index (χ2n) is 5.16. The number of hydrogen-bond acceptors (Lipinski definition) is 3. The Kier molecular flexibility index (Phi) is 6.48. The van der Waals surface area contributed by atoms with E-state index in [9.17, 15) is 0 Å². The predicted octanol–water partition coefficient (Wildman–Crippen LogP) is 3.56. The van der Waals surface area contributed by atoms with Crippen molar-refractivity contribution < 1.29 is 9.47 Å². The summed E-state index contributed by atoms with van der Waals surface area (Å²) < 4.78 is 11.1. The summed E-state index contributed by atoms with van der Waals surface area (Å²) in [6.07, 6.45) is 5.28. The average Bonchev–Trinajstić information content (AvgIpc) is 3.01. The van der Waals surface area contributed by atoms with Gasteiger partial charge in [-0.25, -0.2) is 0 Å². The molecule has 0 atom stereocenters. The van der Waals surface area contributed by atoms with Gasteiger partial charge in [-0.3, -0.25) is 4.90 Å². The Morgan fingerprint density at radius 3 is 2.50 bits per heavy atom. The van der Waals surface area contributed by atoms with E-state index in [1.807, 2.05) is 24.3 Å². The van der Waals surface area contributed by atoms with Crippen LogP contribution >= 0.6 is 11.6 Å². The van der Waals surface area contributed by atoms with E-state index >= 15 is 0 Å². The maximum absolute atomic E-state index is 5.92. The van der Waals surface area contributed by atoms with E-state index in [1.165, 1.54) is 25.7 Å². The number of methoxy groups -OCH3 is 1. The number of nitrogens with zero attached hydrogens (tertiary/aromatic N) is 1. The van der Waals surface area contributed by atoms with Gasteiger partial charge in [0.25, 0.3) is 0 Å². The number of halogens is 1. The highest BCUT2D eigenvalue weighted by molar-refractivity contribution is 6.18. The lowest BCUT2D eigenvalue weighted by Gasteiger charge is -2.28. The summed E-state index contributed by atoms with van der Waals surface area (Å²) in [5.74, 6) is 2.29. The Hall–Kier alpha value is -0.930. The minimum atomic E-state index is 0.674. The third-order valence-corrected chi connectivity index (χ3v) is 4.09. The Balaban J connectivity index is 1.83. The Morgan fingerprint density at radius 2 is 1.85 bits per heavy atom. The molecule has 0 unspecified atom stereocenters. The molecule has 1 aromatic rings. The van der Waals surface area contributed by atoms with Crippen molar-refractivity contribution in [1.82, 2.24) is 4.90 Å². The summed E-state index contributed by atoms with van der Waals surface area (Å²) in [4.78, 5) is 2.47. The fraction of sp³-hybridized carbons (Fsp3) is 0.625. The second-order valence-corrected chi connectivity index (χ2v) is 5.54. The molecule has 20 heavy (non-hydrogen) atoms. The molecular weight excluding hydrogens is 274 g/mol. The number of para-hydroxylation sites is 2. The molecule has 0 bridgehead atoms. The van der Waals surface area contributed by atoms with Crippen molar-refractivity contribution in [2.45, 2.75) is 31.7 Å². The molecule has 4 heteroatoms. The van der Waals surface area contributed by atoms with Crippen LogP contribution in [0.25, 0.3) is 0 Å². The first-order valence-electron chi connectivity index (χ1n) is 7.41. The standard InChI is InChI=1S/C16H24ClNO2/c1-19-15-8-4-5-9-16(15)20-13-12-18(11-10-17)14-6-2-3-7-14/h4-5,8-9,14H,2-3,6-7,10-13H2,1H3. The Morgan fingerprint density at radius 1 is 1.15 bits per heavy atom. The third-order valence-electron chi connectivity index (χ3n) is 3.92. The fourth-order valence-corrected chi connectivity index (χ4v) is 3.08. The summed E-state index contributed by atoms with van der Waals surface area (Å²) in [6, 6.07) is 8.47. The van der Waals surface area contributed by atoms with Crippen LogP contribution in [0.2, 0.25) is 0 Å². The number of alkyl halides is 1. The van der Waals surface area contributed by atoms with Gasteiger partial charge < -0.3 is 9.47 Å². The van der Waals surface area contributed by atoms with Gasteiger partial charge in [0.2, 0.25) is 0 Å². The first-order chi connectivity index (χ1) is 9.85. The Labute approximate surface area is 126 Å². The molecule has 1 aliphatic rings. The zero-order valence-electron chi connectivity index (χ0n) is 12.2. The summed E-state index contributed by atoms with van der Waals surface area (Å²) in [6.45, 7) is 2.55. The van der Waals surface area contributed by atoms with Crippen LogP contribution in [0.4, 0.5) is 0 Å². The van der Waals surface area contributed by atoms with Crippen LogP contribution in [0.3, 0.4) is 0 Å². The largest absolute Gasteiger partial charge is 0.493 e. The molecule has 0 N–H and O–H groups in total. The van der Waals surface area contributed by atoms with Crippen LogP contribution in [-0.4, -0.2) is 43.6 Å². The van der Waals surface area contributed by atoms with Gasteiger partial charge in [0.15, 0.2) is 11.5 Å².